The molecule has 1 saturated carbocycles. The second-order valence-corrected chi connectivity index (χ2v) is 11.8. The number of nitrogens with one attached hydrogen (secondary N) is 2. The van der Waals surface area contributed by atoms with Crippen molar-refractivity contribution in [1.29, 1.82) is 0 Å². The summed E-state index contributed by atoms with van der Waals surface area (Å²) in [4.78, 5) is 66.7. The van der Waals surface area contributed by atoms with E-state index < -0.39 is 48.1 Å². The van der Waals surface area contributed by atoms with Crippen molar-refractivity contribution in [2.24, 2.45) is 11.8 Å². The van der Waals surface area contributed by atoms with E-state index in [2.05, 4.69) is 10.6 Å². The van der Waals surface area contributed by atoms with E-state index in [-0.39, 0.29) is 30.7 Å². The Hall–Kier alpha value is -4.48. The number of carbonyl (C=O) groups excluding carboxylic acids is 4. The molecule has 3 aliphatic rings. The Morgan fingerprint density at radius 3 is 2.44 bits per heavy atom. The lowest BCUT2D eigenvalue weighted by atomic mass is 9.94. The van der Waals surface area contributed by atoms with Crippen LogP contribution in [0.15, 0.2) is 42.5 Å². The van der Waals surface area contributed by atoms with Crippen molar-refractivity contribution in [2.75, 3.05) is 11.9 Å². The summed E-state index contributed by atoms with van der Waals surface area (Å²) in [6.07, 6.45) is 0.322. The van der Waals surface area contributed by atoms with Crippen LogP contribution in [0.3, 0.4) is 0 Å². The molecule has 1 aliphatic heterocycles. The van der Waals surface area contributed by atoms with Crippen LogP contribution in [-0.2, 0) is 37.7 Å². The Balaban J connectivity index is 1.31. The van der Waals surface area contributed by atoms with Crippen molar-refractivity contribution in [3.8, 4) is 0 Å². The standard InChI is InChI=1S/C31H35FN4O7/c1-17(2)26(34-29(40)41)27(38)33-23-10-11-24-21(14-23)12-13-31(24)28(39)36(30(42)43-31)16-25(37)35(18(3)20-6-7-20)15-19-4-8-22(32)9-5-19/h4-5,8-11,14,17-18,20,26,34H,6-7,12-13,15-16H2,1-3H3,(H,33,38)(H,40,41)/t18-,26+,31?/m0/s1. The van der Waals surface area contributed by atoms with Gasteiger partial charge in [0.05, 0.1) is 0 Å². The number of hydrogen-bond acceptors (Lipinski definition) is 6. The quantitative estimate of drug-likeness (QED) is 0.377. The number of carboxylic acid groups (broad SMARTS) is 1. The van der Waals surface area contributed by atoms with Crippen LogP contribution < -0.4 is 10.6 Å². The summed E-state index contributed by atoms with van der Waals surface area (Å²) in [5.41, 5.74) is 0.759. The number of imide groups is 1. The normalized spacial score (nSPS) is 20.5. The van der Waals surface area contributed by atoms with Gasteiger partial charge < -0.3 is 25.4 Å². The third-order valence-corrected chi connectivity index (χ3v) is 8.53. The first-order valence-corrected chi connectivity index (χ1v) is 14.4. The summed E-state index contributed by atoms with van der Waals surface area (Å²) in [6, 6.07) is 9.64. The molecule has 12 heteroatoms. The van der Waals surface area contributed by atoms with E-state index in [0.717, 1.165) is 23.3 Å². The van der Waals surface area contributed by atoms with Crippen molar-refractivity contribution in [2.45, 2.75) is 70.7 Å². The number of halogens is 1. The lowest BCUT2D eigenvalue weighted by Gasteiger charge is -2.30. The predicted octanol–water partition coefficient (Wildman–Crippen LogP) is 4.00. The summed E-state index contributed by atoms with van der Waals surface area (Å²) in [7, 11) is 0. The van der Waals surface area contributed by atoms with Gasteiger partial charge in [-0.15, -0.1) is 0 Å². The molecule has 0 aromatic heterocycles. The van der Waals surface area contributed by atoms with Gasteiger partial charge in [0.1, 0.15) is 18.4 Å². The highest BCUT2D eigenvalue weighted by molar-refractivity contribution is 6.06. The van der Waals surface area contributed by atoms with Crippen LogP contribution in [0.2, 0.25) is 0 Å². The van der Waals surface area contributed by atoms with E-state index >= 15 is 0 Å². The Bertz CT molecular complexity index is 1460. The van der Waals surface area contributed by atoms with Gasteiger partial charge in [0.2, 0.25) is 17.4 Å². The summed E-state index contributed by atoms with van der Waals surface area (Å²) in [6.45, 7) is 5.12. The fraction of sp³-hybridized carbons (Fsp3) is 0.452. The molecule has 1 unspecified atom stereocenters. The fourth-order valence-electron chi connectivity index (χ4n) is 5.92. The van der Waals surface area contributed by atoms with Crippen LogP contribution in [0, 0.1) is 17.7 Å². The third-order valence-electron chi connectivity index (χ3n) is 8.53. The fourth-order valence-corrected chi connectivity index (χ4v) is 5.92. The molecule has 43 heavy (non-hydrogen) atoms. The molecule has 3 atom stereocenters. The average Bonchev–Trinajstić information content (AvgIpc) is 3.71. The highest BCUT2D eigenvalue weighted by Crippen LogP contribution is 2.46. The minimum Gasteiger partial charge on any atom is -0.465 e. The molecule has 2 aliphatic carbocycles. The molecule has 228 valence electrons. The van der Waals surface area contributed by atoms with Crippen LogP contribution in [-0.4, -0.2) is 63.4 Å². The first-order valence-electron chi connectivity index (χ1n) is 14.4. The summed E-state index contributed by atoms with van der Waals surface area (Å²) < 4.78 is 19.1. The highest BCUT2D eigenvalue weighted by Gasteiger charge is 2.58. The smallest absolute Gasteiger partial charge is 0.418 e. The van der Waals surface area contributed by atoms with Gasteiger partial charge in [-0.25, -0.2) is 18.9 Å². The van der Waals surface area contributed by atoms with Gasteiger partial charge in [0.15, 0.2) is 0 Å². The number of fused-ring (bicyclic) bond motifs is 2. The summed E-state index contributed by atoms with van der Waals surface area (Å²) in [5.74, 6) is -1.90. The number of ether oxygens (including phenoxy) is 1. The lowest BCUT2D eigenvalue weighted by Crippen LogP contribution is -2.47. The maximum absolute atomic E-state index is 13.7. The van der Waals surface area contributed by atoms with Crippen LogP contribution in [0.1, 0.15) is 56.7 Å². The summed E-state index contributed by atoms with van der Waals surface area (Å²) >= 11 is 0. The van der Waals surface area contributed by atoms with E-state index in [1.165, 1.54) is 12.1 Å². The number of anilines is 1. The first-order chi connectivity index (χ1) is 20.4. The molecule has 2 aromatic carbocycles. The van der Waals surface area contributed by atoms with Gasteiger partial charge in [-0.3, -0.25) is 14.4 Å². The highest BCUT2D eigenvalue weighted by atomic mass is 19.1. The molecular formula is C31H35FN4O7. The van der Waals surface area contributed by atoms with E-state index in [1.54, 1.807) is 49.1 Å². The van der Waals surface area contributed by atoms with Gasteiger partial charge in [-0.1, -0.05) is 32.0 Å². The van der Waals surface area contributed by atoms with Crippen LogP contribution in [0.5, 0.6) is 0 Å². The number of aryl methyl sites for hydroxylation is 1. The molecule has 0 bridgehead atoms. The Morgan fingerprint density at radius 1 is 1.12 bits per heavy atom. The third kappa shape index (κ3) is 6.04. The molecule has 5 rings (SSSR count). The van der Waals surface area contributed by atoms with E-state index in [9.17, 15) is 28.4 Å². The molecule has 1 spiro atoms. The van der Waals surface area contributed by atoms with Crippen LogP contribution >= 0.6 is 0 Å². The molecule has 1 heterocycles. The van der Waals surface area contributed by atoms with Crippen LogP contribution in [0.4, 0.5) is 19.7 Å². The number of rotatable bonds is 10. The predicted molar refractivity (Wildman–Crippen MR) is 152 cm³/mol. The minimum absolute atomic E-state index is 0.123. The maximum Gasteiger partial charge on any atom is 0.418 e. The molecule has 11 nitrogen and oxygen atoms in total. The zero-order chi connectivity index (χ0) is 31.1. The van der Waals surface area contributed by atoms with Crippen molar-refractivity contribution in [1.82, 2.24) is 15.1 Å². The number of benzene rings is 2. The second-order valence-electron chi connectivity index (χ2n) is 11.8. The molecule has 3 N–H and O–H groups in total. The molecular weight excluding hydrogens is 559 g/mol. The van der Waals surface area contributed by atoms with E-state index in [4.69, 9.17) is 9.84 Å². The topological polar surface area (TPSA) is 145 Å². The lowest BCUT2D eigenvalue weighted by molar-refractivity contribution is -0.143. The second kappa shape index (κ2) is 11.7. The zero-order valence-electron chi connectivity index (χ0n) is 24.3. The number of carbonyl (C=O) groups is 5. The minimum atomic E-state index is -1.57. The number of hydrogen-bond donors (Lipinski definition) is 3. The molecule has 1 saturated heterocycles. The van der Waals surface area contributed by atoms with Gasteiger partial charge in [0, 0.05) is 30.3 Å². The monoisotopic (exact) mass is 594 g/mol. The van der Waals surface area contributed by atoms with Crippen molar-refractivity contribution < 1.29 is 38.2 Å². The maximum atomic E-state index is 13.7. The zero-order valence-corrected chi connectivity index (χ0v) is 24.3. The molecule has 0 radical (unpaired) electrons. The number of amides is 5. The van der Waals surface area contributed by atoms with Gasteiger partial charge in [0.25, 0.3) is 5.91 Å². The van der Waals surface area contributed by atoms with Crippen molar-refractivity contribution >= 4 is 35.6 Å². The van der Waals surface area contributed by atoms with Gasteiger partial charge >= 0.3 is 12.2 Å². The number of nitrogens with zero attached hydrogens (tertiary/aromatic N) is 2. The summed E-state index contributed by atoms with van der Waals surface area (Å²) in [5, 5.41) is 14.0. The molecule has 2 aromatic rings. The average molecular weight is 595 g/mol. The Kier molecular flexibility index (Phi) is 8.13. The Labute approximate surface area is 248 Å². The van der Waals surface area contributed by atoms with Crippen molar-refractivity contribution in [3.05, 3.63) is 65.0 Å². The largest absolute Gasteiger partial charge is 0.465 e. The SMILES string of the molecule is CC(C)[C@@H](NC(=O)O)C(=O)Nc1ccc2c(c1)CCC21OC(=O)N(CC(=O)N(Cc2ccc(F)cc2)[C@@H](C)C2CC2)C1=O. The first kappa shape index (κ1) is 30.0. The Morgan fingerprint density at radius 2 is 1.81 bits per heavy atom. The van der Waals surface area contributed by atoms with Gasteiger partial charge in [-0.05, 0) is 73.4 Å². The van der Waals surface area contributed by atoms with Crippen molar-refractivity contribution in [3.63, 3.8) is 0 Å². The van der Waals surface area contributed by atoms with E-state index in [0.29, 0.717) is 29.2 Å². The van der Waals surface area contributed by atoms with E-state index in [1.807, 2.05) is 6.92 Å². The van der Waals surface area contributed by atoms with Gasteiger partial charge in [-0.2, -0.15) is 0 Å². The van der Waals surface area contributed by atoms with Crippen LogP contribution in [0.25, 0.3) is 0 Å². The molecule has 5 amide bonds. The molecule has 2 fully saturated rings.